The second kappa shape index (κ2) is 7.21. The molecule has 130 valence electrons. The molecule has 1 heterocycles. The molecular formula is C18H18NO5P. The van der Waals surface area contributed by atoms with Gasteiger partial charge in [-0.25, -0.2) is 4.79 Å². The summed E-state index contributed by atoms with van der Waals surface area (Å²) in [6.45, 7) is 0. The number of esters is 1. The summed E-state index contributed by atoms with van der Waals surface area (Å²) in [5, 5.41) is 2.43. The Kier molecular flexibility index (Phi) is 5.02. The molecule has 0 bridgehead atoms. The molecule has 1 aliphatic rings. The van der Waals surface area contributed by atoms with Crippen molar-refractivity contribution >= 4 is 19.2 Å². The van der Waals surface area contributed by atoms with E-state index in [0.717, 1.165) is 11.1 Å². The van der Waals surface area contributed by atoms with Gasteiger partial charge in [-0.15, -0.1) is 0 Å². The molecule has 0 aromatic heterocycles. The molecule has 1 fully saturated rings. The lowest BCUT2D eigenvalue weighted by molar-refractivity contribution is -0.151. The van der Waals surface area contributed by atoms with Gasteiger partial charge in [0, 0.05) is 0 Å². The predicted molar refractivity (Wildman–Crippen MR) is 92.3 cm³/mol. The highest BCUT2D eigenvalue weighted by Crippen LogP contribution is 2.43. The third-order valence-corrected chi connectivity index (χ3v) is 5.63. The van der Waals surface area contributed by atoms with Crippen molar-refractivity contribution in [3.05, 3.63) is 71.8 Å². The van der Waals surface area contributed by atoms with Crippen molar-refractivity contribution in [3.8, 4) is 0 Å². The summed E-state index contributed by atoms with van der Waals surface area (Å²) >= 11 is 0. The van der Waals surface area contributed by atoms with Gasteiger partial charge in [-0.2, -0.15) is 0 Å². The standard InChI is InChI=1S/C18H18NO5P/c20-16-12-25(22,23)11-15(19-16)18(21)24-17(13-7-3-1-4-8-13)14-9-5-2-6-10-14/h1-10,15,17H,11-12H2,(H,19,20)(H,22,23). The average molecular weight is 359 g/mol. The summed E-state index contributed by atoms with van der Waals surface area (Å²) in [6.07, 6.45) is -1.43. The van der Waals surface area contributed by atoms with E-state index in [4.69, 9.17) is 4.74 Å². The van der Waals surface area contributed by atoms with Gasteiger partial charge >= 0.3 is 5.97 Å². The van der Waals surface area contributed by atoms with Crippen molar-refractivity contribution < 1.29 is 23.8 Å². The van der Waals surface area contributed by atoms with E-state index in [1.165, 1.54) is 0 Å². The second-order valence-corrected chi connectivity index (χ2v) is 8.32. The maximum absolute atomic E-state index is 12.5. The number of amides is 1. The lowest BCUT2D eigenvalue weighted by atomic mass is 10.0. The number of nitrogens with one attached hydrogen (secondary N) is 1. The van der Waals surface area contributed by atoms with Gasteiger partial charge in [0.15, 0.2) is 6.10 Å². The van der Waals surface area contributed by atoms with Crippen LogP contribution in [0.25, 0.3) is 0 Å². The van der Waals surface area contributed by atoms with Crippen LogP contribution in [0.2, 0.25) is 0 Å². The largest absolute Gasteiger partial charge is 0.451 e. The Morgan fingerprint density at radius 1 is 1.08 bits per heavy atom. The first-order valence-electron chi connectivity index (χ1n) is 7.85. The maximum atomic E-state index is 12.5. The quantitative estimate of drug-likeness (QED) is 0.644. The van der Waals surface area contributed by atoms with E-state index < -0.39 is 37.6 Å². The van der Waals surface area contributed by atoms with Gasteiger partial charge in [0.1, 0.15) is 12.2 Å². The molecule has 2 N–H and O–H groups in total. The van der Waals surface area contributed by atoms with Crippen LogP contribution in [-0.2, 0) is 18.9 Å². The van der Waals surface area contributed by atoms with Crippen LogP contribution in [0.3, 0.4) is 0 Å². The molecule has 0 spiro atoms. The van der Waals surface area contributed by atoms with Gasteiger partial charge in [0.05, 0.1) is 6.16 Å². The SMILES string of the molecule is O=C1CP(=O)(O)CC(C(=O)OC(c2ccccc2)c2ccccc2)N1. The van der Waals surface area contributed by atoms with Gasteiger partial charge < -0.3 is 14.9 Å². The highest BCUT2D eigenvalue weighted by molar-refractivity contribution is 7.59. The van der Waals surface area contributed by atoms with E-state index in [0.29, 0.717) is 0 Å². The number of hydrogen-bond acceptors (Lipinski definition) is 4. The maximum Gasteiger partial charge on any atom is 0.330 e. The Labute approximate surface area is 145 Å². The van der Waals surface area contributed by atoms with Crippen LogP contribution in [0, 0.1) is 0 Å². The zero-order valence-electron chi connectivity index (χ0n) is 13.4. The molecule has 2 aromatic carbocycles. The minimum atomic E-state index is -3.65. The van der Waals surface area contributed by atoms with Crippen molar-refractivity contribution in [2.45, 2.75) is 12.1 Å². The summed E-state index contributed by atoms with van der Waals surface area (Å²) in [5.41, 5.74) is 1.55. The predicted octanol–water partition coefficient (Wildman–Crippen LogP) is 2.09. The molecule has 1 amide bonds. The van der Waals surface area contributed by atoms with Crippen LogP contribution >= 0.6 is 7.37 Å². The molecule has 1 saturated heterocycles. The third kappa shape index (κ3) is 4.35. The molecule has 7 heteroatoms. The molecular weight excluding hydrogens is 341 g/mol. The molecule has 2 unspecified atom stereocenters. The van der Waals surface area contributed by atoms with E-state index in [1.54, 1.807) is 0 Å². The Morgan fingerprint density at radius 2 is 1.60 bits per heavy atom. The summed E-state index contributed by atoms with van der Waals surface area (Å²) in [4.78, 5) is 33.8. The number of carbonyl (C=O) groups excluding carboxylic acids is 2. The fourth-order valence-electron chi connectivity index (χ4n) is 2.78. The van der Waals surface area contributed by atoms with Crippen molar-refractivity contribution in [2.24, 2.45) is 0 Å². The Bertz CT molecular complexity index is 769. The van der Waals surface area contributed by atoms with Crippen LogP contribution < -0.4 is 5.32 Å². The Balaban J connectivity index is 1.84. The van der Waals surface area contributed by atoms with Crippen LogP contribution in [0.5, 0.6) is 0 Å². The number of hydrogen-bond donors (Lipinski definition) is 2. The van der Waals surface area contributed by atoms with Crippen molar-refractivity contribution in [2.75, 3.05) is 12.3 Å². The van der Waals surface area contributed by atoms with Crippen molar-refractivity contribution in [1.29, 1.82) is 0 Å². The molecule has 2 atom stereocenters. The molecule has 0 aliphatic carbocycles. The second-order valence-electron chi connectivity index (χ2n) is 5.95. The van der Waals surface area contributed by atoms with E-state index in [-0.39, 0.29) is 6.16 Å². The first-order valence-corrected chi connectivity index (χ1v) is 9.88. The van der Waals surface area contributed by atoms with E-state index in [2.05, 4.69) is 5.32 Å². The number of ether oxygens (including phenoxy) is 1. The molecule has 0 saturated carbocycles. The van der Waals surface area contributed by atoms with E-state index in [9.17, 15) is 19.0 Å². The fraction of sp³-hybridized carbons (Fsp3) is 0.222. The minimum Gasteiger partial charge on any atom is -0.451 e. The van der Waals surface area contributed by atoms with Crippen LogP contribution in [0.15, 0.2) is 60.7 Å². The summed E-state index contributed by atoms with van der Waals surface area (Å²) < 4.78 is 17.5. The Hall–Kier alpha value is -2.43. The zero-order chi connectivity index (χ0) is 17.9. The number of rotatable bonds is 4. The molecule has 2 aromatic rings. The molecule has 1 aliphatic heterocycles. The van der Waals surface area contributed by atoms with Gasteiger partial charge in [0.25, 0.3) is 0 Å². The van der Waals surface area contributed by atoms with Crippen LogP contribution in [-0.4, -0.2) is 35.1 Å². The monoisotopic (exact) mass is 359 g/mol. The zero-order valence-corrected chi connectivity index (χ0v) is 14.3. The molecule has 0 radical (unpaired) electrons. The van der Waals surface area contributed by atoms with E-state index >= 15 is 0 Å². The van der Waals surface area contributed by atoms with Gasteiger partial charge in [-0.3, -0.25) is 9.36 Å². The first-order chi connectivity index (χ1) is 11.9. The normalized spacial score (nSPS) is 23.1. The van der Waals surface area contributed by atoms with Crippen molar-refractivity contribution in [1.82, 2.24) is 5.32 Å². The smallest absolute Gasteiger partial charge is 0.330 e. The summed E-state index contributed by atoms with van der Waals surface area (Å²) in [6, 6.07) is 17.3. The molecule has 6 nitrogen and oxygen atoms in total. The number of benzene rings is 2. The van der Waals surface area contributed by atoms with Gasteiger partial charge in [-0.05, 0) is 11.1 Å². The van der Waals surface area contributed by atoms with E-state index in [1.807, 2.05) is 60.7 Å². The lowest BCUT2D eigenvalue weighted by Gasteiger charge is -2.27. The first kappa shape index (κ1) is 17.4. The highest BCUT2D eigenvalue weighted by atomic mass is 31.2. The third-order valence-electron chi connectivity index (χ3n) is 3.92. The topological polar surface area (TPSA) is 92.7 Å². The van der Waals surface area contributed by atoms with Gasteiger partial charge in [0.2, 0.25) is 13.3 Å². The van der Waals surface area contributed by atoms with Crippen LogP contribution in [0.4, 0.5) is 0 Å². The number of carbonyl (C=O) groups is 2. The average Bonchev–Trinajstić information content (AvgIpc) is 2.59. The van der Waals surface area contributed by atoms with Crippen LogP contribution in [0.1, 0.15) is 17.2 Å². The lowest BCUT2D eigenvalue weighted by Crippen LogP contribution is -2.49. The molecule has 3 rings (SSSR count). The summed E-state index contributed by atoms with van der Waals surface area (Å²) in [5.74, 6) is -1.34. The van der Waals surface area contributed by atoms with Crippen molar-refractivity contribution in [3.63, 3.8) is 0 Å². The Morgan fingerprint density at radius 3 is 2.08 bits per heavy atom. The summed E-state index contributed by atoms with van der Waals surface area (Å²) in [7, 11) is -3.65. The highest BCUT2D eigenvalue weighted by Gasteiger charge is 2.39. The fourth-order valence-corrected chi connectivity index (χ4v) is 4.26. The van der Waals surface area contributed by atoms with Gasteiger partial charge in [-0.1, -0.05) is 60.7 Å². The minimum absolute atomic E-state index is 0.312. The molecule has 25 heavy (non-hydrogen) atoms.